The Bertz CT molecular complexity index is 800. The van der Waals surface area contributed by atoms with Crippen LogP contribution in [-0.2, 0) is 17.5 Å². The number of aryl methyl sites for hydroxylation is 1. The van der Waals surface area contributed by atoms with Crippen molar-refractivity contribution < 1.29 is 18.0 Å². The Hall–Kier alpha value is -2.09. The highest BCUT2D eigenvalue weighted by atomic mass is 79.9. The lowest BCUT2D eigenvalue weighted by Crippen LogP contribution is -2.28. The van der Waals surface area contributed by atoms with Crippen LogP contribution >= 0.6 is 15.9 Å². The summed E-state index contributed by atoms with van der Waals surface area (Å²) in [6.45, 7) is 1.35. The van der Waals surface area contributed by atoms with Crippen molar-refractivity contribution in [3.05, 3.63) is 62.5 Å². The number of benzene rings is 1. The summed E-state index contributed by atoms with van der Waals surface area (Å²) in [5, 5.41) is 2.20. The first-order valence-corrected chi connectivity index (χ1v) is 7.30. The van der Waals surface area contributed by atoms with E-state index in [9.17, 15) is 22.8 Å². The average Bonchev–Trinajstić information content (AvgIpc) is 2.43. The molecular weight excluding hydrogens is 377 g/mol. The molecule has 23 heavy (non-hydrogen) atoms. The molecule has 0 bridgehead atoms. The van der Waals surface area contributed by atoms with E-state index in [-0.39, 0.29) is 16.7 Å². The standard InChI is InChI=1S/C15H12BrF3N2O2/c1-9-6-11(16)14(23)21(7-9)8-13(22)20-12-5-3-2-4-10(12)15(17,18)19/h2-7H,8H2,1H3,(H,20,22). The minimum absolute atomic E-state index is 0.279. The first-order valence-electron chi connectivity index (χ1n) is 6.51. The third-order valence-electron chi connectivity index (χ3n) is 3.00. The van der Waals surface area contributed by atoms with Gasteiger partial charge in [-0.1, -0.05) is 12.1 Å². The molecule has 122 valence electrons. The van der Waals surface area contributed by atoms with E-state index in [2.05, 4.69) is 21.2 Å². The van der Waals surface area contributed by atoms with E-state index >= 15 is 0 Å². The van der Waals surface area contributed by atoms with Crippen LogP contribution in [0, 0.1) is 6.92 Å². The van der Waals surface area contributed by atoms with Gasteiger partial charge >= 0.3 is 6.18 Å². The fourth-order valence-corrected chi connectivity index (χ4v) is 2.63. The van der Waals surface area contributed by atoms with Gasteiger partial charge in [0.1, 0.15) is 6.54 Å². The number of carbonyl (C=O) groups is 1. The zero-order valence-corrected chi connectivity index (χ0v) is 13.5. The highest BCUT2D eigenvalue weighted by Crippen LogP contribution is 2.34. The van der Waals surface area contributed by atoms with E-state index in [1.54, 1.807) is 13.0 Å². The lowest BCUT2D eigenvalue weighted by Gasteiger charge is -2.14. The number of rotatable bonds is 3. The van der Waals surface area contributed by atoms with Gasteiger partial charge in [-0.3, -0.25) is 9.59 Å². The number of para-hydroxylation sites is 1. The van der Waals surface area contributed by atoms with Crippen molar-refractivity contribution >= 4 is 27.5 Å². The molecule has 0 spiro atoms. The Morgan fingerprint density at radius 2 is 1.96 bits per heavy atom. The number of aromatic nitrogens is 1. The molecule has 0 aliphatic heterocycles. The van der Waals surface area contributed by atoms with E-state index in [1.165, 1.54) is 18.3 Å². The van der Waals surface area contributed by atoms with Gasteiger partial charge in [0.2, 0.25) is 5.91 Å². The molecule has 4 nitrogen and oxygen atoms in total. The fraction of sp³-hybridized carbons (Fsp3) is 0.200. The number of alkyl halides is 3. The highest BCUT2D eigenvalue weighted by molar-refractivity contribution is 9.10. The Morgan fingerprint density at radius 1 is 1.30 bits per heavy atom. The summed E-state index contributed by atoms with van der Waals surface area (Å²) in [4.78, 5) is 23.9. The molecule has 0 aliphatic carbocycles. The SMILES string of the molecule is Cc1cc(Br)c(=O)n(CC(=O)Nc2ccccc2C(F)(F)F)c1. The van der Waals surface area contributed by atoms with Crippen LogP contribution in [0.2, 0.25) is 0 Å². The van der Waals surface area contributed by atoms with E-state index in [0.29, 0.717) is 0 Å². The molecule has 1 aromatic heterocycles. The molecular formula is C15H12BrF3N2O2. The minimum atomic E-state index is -4.58. The normalized spacial score (nSPS) is 11.3. The van der Waals surface area contributed by atoms with E-state index in [4.69, 9.17) is 0 Å². The summed E-state index contributed by atoms with van der Waals surface area (Å²) in [6, 6.07) is 6.26. The molecule has 0 fully saturated rings. The van der Waals surface area contributed by atoms with Gasteiger partial charge in [0, 0.05) is 6.20 Å². The van der Waals surface area contributed by atoms with Gasteiger partial charge in [0.15, 0.2) is 0 Å². The minimum Gasteiger partial charge on any atom is -0.324 e. The van der Waals surface area contributed by atoms with Crippen LogP contribution < -0.4 is 10.9 Å². The maximum absolute atomic E-state index is 12.9. The second-order valence-corrected chi connectivity index (χ2v) is 5.74. The van der Waals surface area contributed by atoms with Crippen molar-refractivity contribution in [2.24, 2.45) is 0 Å². The Labute approximate surface area is 138 Å². The topological polar surface area (TPSA) is 51.1 Å². The number of carbonyl (C=O) groups excluding carboxylic acids is 1. The molecule has 8 heteroatoms. The Balaban J connectivity index is 2.24. The maximum atomic E-state index is 12.9. The third-order valence-corrected chi connectivity index (χ3v) is 3.57. The fourth-order valence-electron chi connectivity index (χ4n) is 2.04. The van der Waals surface area contributed by atoms with E-state index in [0.717, 1.165) is 22.3 Å². The highest BCUT2D eigenvalue weighted by Gasteiger charge is 2.33. The molecule has 1 amide bonds. The average molecular weight is 389 g/mol. The second kappa shape index (κ2) is 6.57. The molecule has 2 aromatic rings. The summed E-state index contributed by atoms with van der Waals surface area (Å²) >= 11 is 3.08. The first-order chi connectivity index (χ1) is 10.7. The Morgan fingerprint density at radius 3 is 2.61 bits per heavy atom. The predicted molar refractivity (Wildman–Crippen MR) is 83.2 cm³/mol. The quantitative estimate of drug-likeness (QED) is 0.873. The molecule has 0 radical (unpaired) electrons. The lowest BCUT2D eigenvalue weighted by atomic mass is 10.1. The van der Waals surface area contributed by atoms with Gasteiger partial charge in [-0.05, 0) is 46.6 Å². The number of anilines is 1. The number of halogens is 4. The van der Waals surface area contributed by atoms with E-state index in [1.807, 2.05) is 0 Å². The van der Waals surface area contributed by atoms with Crippen LogP contribution in [0.25, 0.3) is 0 Å². The third kappa shape index (κ3) is 4.22. The molecule has 1 aromatic carbocycles. The predicted octanol–water partition coefficient (Wildman–Crippen LogP) is 3.58. The zero-order valence-electron chi connectivity index (χ0n) is 11.9. The largest absolute Gasteiger partial charge is 0.418 e. The molecule has 0 atom stereocenters. The van der Waals surface area contributed by atoms with E-state index < -0.39 is 23.2 Å². The van der Waals surface area contributed by atoms with Crippen molar-refractivity contribution in [3.8, 4) is 0 Å². The number of hydrogen-bond donors (Lipinski definition) is 1. The monoisotopic (exact) mass is 388 g/mol. The van der Waals surface area contributed by atoms with Crippen molar-refractivity contribution in [1.82, 2.24) is 4.57 Å². The van der Waals surface area contributed by atoms with Gasteiger partial charge in [-0.25, -0.2) is 0 Å². The summed E-state index contributed by atoms with van der Waals surface area (Å²) in [5.74, 6) is -0.721. The van der Waals surface area contributed by atoms with Crippen molar-refractivity contribution in [1.29, 1.82) is 0 Å². The summed E-state index contributed by atoms with van der Waals surface area (Å²) in [6.07, 6.45) is -3.12. The van der Waals surface area contributed by atoms with Gasteiger partial charge in [-0.15, -0.1) is 0 Å². The van der Waals surface area contributed by atoms with Gasteiger partial charge in [0.05, 0.1) is 15.7 Å². The lowest BCUT2D eigenvalue weighted by molar-refractivity contribution is -0.137. The van der Waals surface area contributed by atoms with Gasteiger partial charge in [-0.2, -0.15) is 13.2 Å². The zero-order chi connectivity index (χ0) is 17.2. The molecule has 0 saturated heterocycles. The van der Waals surface area contributed by atoms with Gasteiger partial charge < -0.3 is 9.88 Å². The van der Waals surface area contributed by atoms with Crippen LogP contribution in [0.15, 0.2) is 45.8 Å². The molecule has 1 N–H and O–H groups in total. The number of hydrogen-bond acceptors (Lipinski definition) is 2. The molecule has 0 aliphatic rings. The number of amides is 1. The van der Waals surface area contributed by atoms with Crippen molar-refractivity contribution in [2.45, 2.75) is 19.6 Å². The summed E-state index contributed by atoms with van der Waals surface area (Å²) < 4.78 is 40.1. The van der Waals surface area contributed by atoms with Crippen LogP contribution in [0.5, 0.6) is 0 Å². The molecule has 0 saturated carbocycles. The van der Waals surface area contributed by atoms with Crippen molar-refractivity contribution in [3.63, 3.8) is 0 Å². The first kappa shape index (κ1) is 17.3. The maximum Gasteiger partial charge on any atom is 0.418 e. The Kier molecular flexibility index (Phi) is 4.93. The molecule has 1 heterocycles. The second-order valence-electron chi connectivity index (χ2n) is 4.89. The number of nitrogens with zero attached hydrogens (tertiary/aromatic N) is 1. The summed E-state index contributed by atoms with van der Waals surface area (Å²) in [7, 11) is 0. The molecule has 2 rings (SSSR count). The summed E-state index contributed by atoms with van der Waals surface area (Å²) in [5.41, 5.74) is -0.981. The smallest absolute Gasteiger partial charge is 0.324 e. The van der Waals surface area contributed by atoms with Crippen molar-refractivity contribution in [2.75, 3.05) is 5.32 Å². The number of nitrogens with one attached hydrogen (secondary N) is 1. The molecule has 0 unspecified atom stereocenters. The van der Waals surface area contributed by atoms with Crippen LogP contribution in [0.3, 0.4) is 0 Å². The van der Waals surface area contributed by atoms with Crippen LogP contribution in [0.1, 0.15) is 11.1 Å². The van der Waals surface area contributed by atoms with Crippen LogP contribution in [0.4, 0.5) is 18.9 Å². The van der Waals surface area contributed by atoms with Gasteiger partial charge in [0.25, 0.3) is 5.56 Å². The van der Waals surface area contributed by atoms with Crippen LogP contribution in [-0.4, -0.2) is 10.5 Å². The number of pyridine rings is 1.